The van der Waals surface area contributed by atoms with Crippen molar-refractivity contribution in [3.05, 3.63) is 275 Å². The van der Waals surface area contributed by atoms with Gasteiger partial charge in [0.05, 0.1) is 11.2 Å². The van der Waals surface area contributed by atoms with Gasteiger partial charge in [0.2, 0.25) is 7.28 Å². The molecule has 10 heterocycles. The van der Waals surface area contributed by atoms with E-state index < -0.39 is 0 Å². The molecule has 0 saturated heterocycles. The maximum atomic E-state index is 7.42. The number of nitrogens with zero attached hydrogens (tertiary/aromatic N) is 2. The molecule has 3 aliphatic rings. The summed E-state index contributed by atoms with van der Waals surface area (Å²) < 4.78 is 26.2. The van der Waals surface area contributed by atoms with Crippen LogP contribution in [0.25, 0.3) is 190 Å². The first-order valence-corrected chi connectivity index (χ1v) is 51.7. The average molecular weight is 1800 g/mol. The van der Waals surface area contributed by atoms with Crippen LogP contribution in [0.15, 0.2) is 229 Å². The fraction of sp³-hybridized carbons (Fsp3) is 0.267. The first-order valence-electron chi connectivity index (χ1n) is 47.6. The summed E-state index contributed by atoms with van der Waals surface area (Å²) in [5.41, 5.74) is 32.7. The largest absolute Gasteiger partial charge is 0.309 e. The third-order valence-corrected chi connectivity index (χ3v) is 37.2. The molecule has 9 aromatic heterocycles. The SMILES string of the molecule is CC(C)(C)c1ccc(Nc2cc3sc4cc5c(cc4c3cc2-c2ccc3c4cc6sc7cc(CC8(C)CCC(C)(C)c9cc%10c(cc98)oc8cc(Nc9ccc(C(C)(C)C)cc9)c(-c9ccc%11c%12cc%13sc%14ccccc%14c%13cc%12n%12c%13c([b+]c9c%11%12)sc9ccc(C(C)(C)C)cc9%13)cc8%10)ccc7c6cc4n4c3c2Bc2sc3ccc(C(C)(C)C)cc3c2-4)C(C)(C)CCC5(C)C)cc1. The Morgan fingerprint density at radius 3 is 1.51 bits per heavy atom. The fourth-order valence-electron chi connectivity index (χ4n) is 23.7. The average Bonchev–Trinajstić information content (AvgIpc) is 1.53. The topological polar surface area (TPSA) is 46.5 Å². The molecule has 0 amide bonds. The molecule has 648 valence electrons. The summed E-state index contributed by atoms with van der Waals surface area (Å²) in [5, 5.41) is 27.6. The molecule has 0 saturated carbocycles. The van der Waals surface area contributed by atoms with Crippen LogP contribution in [0.5, 0.6) is 0 Å². The predicted octanol–water partition coefficient (Wildman–Crippen LogP) is 34.6. The number of furan rings is 1. The molecule has 23 aromatic rings. The second-order valence-electron chi connectivity index (χ2n) is 45.8. The number of thiophene rings is 5. The monoisotopic (exact) mass is 1800 g/mol. The molecule has 0 fully saturated rings. The number of hydrogen-bond acceptors (Lipinski definition) is 8. The van der Waals surface area contributed by atoms with Crippen molar-refractivity contribution >= 4 is 265 Å². The van der Waals surface area contributed by atoms with Gasteiger partial charge in [-0.15, -0.1) is 34.0 Å². The Balaban J connectivity index is 0.614. The van der Waals surface area contributed by atoms with E-state index in [9.17, 15) is 0 Å². The van der Waals surface area contributed by atoms with E-state index in [1.165, 1.54) is 241 Å². The molecule has 0 bridgehead atoms. The molecule has 1 atom stereocenters. The van der Waals surface area contributed by atoms with Gasteiger partial charge < -0.3 is 9.88 Å². The zero-order valence-electron chi connectivity index (χ0n) is 79.0. The molecule has 0 radical (unpaired) electrons. The molecule has 1 aliphatic heterocycles. The summed E-state index contributed by atoms with van der Waals surface area (Å²) in [7, 11) is 0.844. The summed E-state index contributed by atoms with van der Waals surface area (Å²) in [6, 6.07) is 89.4. The van der Waals surface area contributed by atoms with Gasteiger partial charge in [0.1, 0.15) is 0 Å². The Bertz CT molecular complexity index is 9050. The number of anilines is 4. The van der Waals surface area contributed by atoms with Crippen molar-refractivity contribution < 1.29 is 4.42 Å². The van der Waals surface area contributed by atoms with Gasteiger partial charge in [0.25, 0.3) is 0 Å². The van der Waals surface area contributed by atoms with E-state index in [1.807, 2.05) is 56.7 Å². The summed E-state index contributed by atoms with van der Waals surface area (Å²) in [6.07, 6.45) is 5.42. The number of benzene rings is 14. The third-order valence-electron chi connectivity index (χ3n) is 31.6. The molecule has 2 N–H and O–H groups in total. The maximum Gasteiger partial charge on any atom is 0.211 e. The van der Waals surface area contributed by atoms with Crippen LogP contribution in [0.2, 0.25) is 0 Å². The quantitative estimate of drug-likeness (QED) is 0.149. The Hall–Kier alpha value is -11.2. The predicted molar refractivity (Wildman–Crippen MR) is 584 cm³/mol. The Kier molecular flexibility index (Phi) is 17.0. The van der Waals surface area contributed by atoms with Gasteiger partial charge in [-0.25, -0.2) is 0 Å². The molecule has 26 rings (SSSR count). The van der Waals surface area contributed by atoms with Crippen molar-refractivity contribution in [3.8, 4) is 27.9 Å². The summed E-state index contributed by atoms with van der Waals surface area (Å²) in [5.74, 6) is 0. The first kappa shape index (κ1) is 81.5. The number of hydrogen-bond donors (Lipinski definition) is 2. The van der Waals surface area contributed by atoms with Crippen molar-refractivity contribution in [2.45, 2.75) is 207 Å². The zero-order valence-corrected chi connectivity index (χ0v) is 83.1. The molecule has 1 unspecified atom stereocenters. The molecule has 14 aromatic carbocycles. The Labute approximate surface area is 792 Å². The van der Waals surface area contributed by atoms with Gasteiger partial charge in [-0.05, 0) is 139 Å². The minimum atomic E-state index is -0.177. The van der Waals surface area contributed by atoms with Gasteiger partial charge >= 0.3 is 402 Å². The van der Waals surface area contributed by atoms with Gasteiger partial charge in [0.15, 0.2) is 0 Å². The Morgan fingerprint density at radius 2 is 0.833 bits per heavy atom. The normalized spacial score (nSPS) is 16.4. The van der Waals surface area contributed by atoms with Crippen LogP contribution in [0, 0.1) is 0 Å². The molecule has 5 nitrogen and oxygen atoms in total. The Morgan fingerprint density at radius 1 is 0.348 bits per heavy atom. The van der Waals surface area contributed by atoms with Gasteiger partial charge in [-0.1, -0.05) is 112 Å². The van der Waals surface area contributed by atoms with Crippen LogP contribution in [0.3, 0.4) is 0 Å². The van der Waals surface area contributed by atoms with E-state index in [-0.39, 0.29) is 43.3 Å². The molecule has 12 heteroatoms. The van der Waals surface area contributed by atoms with Crippen LogP contribution < -0.4 is 20.9 Å². The van der Waals surface area contributed by atoms with E-state index in [2.05, 4.69) is 383 Å². The van der Waals surface area contributed by atoms with Crippen LogP contribution in [0.1, 0.15) is 207 Å². The minimum Gasteiger partial charge on any atom is -0.309 e. The molecule has 132 heavy (non-hydrogen) atoms. The van der Waals surface area contributed by atoms with E-state index >= 15 is 0 Å². The van der Waals surface area contributed by atoms with Gasteiger partial charge in [-0.2, -0.15) is 0 Å². The van der Waals surface area contributed by atoms with Crippen LogP contribution in [-0.2, 0) is 49.7 Å². The van der Waals surface area contributed by atoms with Crippen molar-refractivity contribution in [1.82, 2.24) is 8.97 Å². The second kappa shape index (κ2) is 27.5. The van der Waals surface area contributed by atoms with E-state index in [0.717, 1.165) is 71.4 Å². The zero-order chi connectivity index (χ0) is 90.4. The van der Waals surface area contributed by atoms with E-state index in [1.54, 1.807) is 0 Å². The summed E-state index contributed by atoms with van der Waals surface area (Å²) in [4.78, 5) is 0. The molecule has 2 aliphatic carbocycles. The smallest absolute Gasteiger partial charge is 0.211 e. The van der Waals surface area contributed by atoms with E-state index in [4.69, 9.17) is 4.42 Å². The number of rotatable bonds is 8. The van der Waals surface area contributed by atoms with Crippen molar-refractivity contribution in [1.29, 1.82) is 0 Å². The van der Waals surface area contributed by atoms with E-state index in [0.29, 0.717) is 0 Å². The first-order chi connectivity index (χ1) is 62.9. The third kappa shape index (κ3) is 12.2. The second-order valence-corrected chi connectivity index (χ2v) is 51.3. The molecule has 0 spiro atoms. The van der Waals surface area contributed by atoms with Crippen LogP contribution >= 0.6 is 56.7 Å². The number of fused-ring (bicyclic) bond motifs is 28. The van der Waals surface area contributed by atoms with Crippen molar-refractivity contribution in [3.63, 3.8) is 0 Å². The number of nitrogens with one attached hydrogen (secondary N) is 2. The van der Waals surface area contributed by atoms with Crippen molar-refractivity contribution in [2.24, 2.45) is 0 Å². The van der Waals surface area contributed by atoms with Crippen molar-refractivity contribution in [2.75, 3.05) is 10.6 Å². The molecular formula is C120H107B2N4OS5+. The van der Waals surface area contributed by atoms with Gasteiger partial charge in [0, 0.05) is 83.7 Å². The summed E-state index contributed by atoms with van der Waals surface area (Å²) in [6.45, 7) is 47.8. The standard InChI is InChI=1S/C120H107B2N4OS5/c1-113(2,3)63-25-31-67(32-26-63)123-91-59-96-79(49-75(91)71-36-38-73-77-55-101-83(69-22-20-21-23-97(69)128-101)53-93(77)125-107(73)105(71)121-111-109(125)85-47-65(115(7,8)9)29-40-98(85)131-111)80-51-88-90(57-95(80)127-96)120(19,45-44-119(88,17)18)61-62-24-35-70-84-54-94-78(56-102(84)129-100(70)46-62)74-39-37-72(106-108(74)126(94)110-86-48-66(116(10,11)12)30-41-99(86)132-112(110)122-106)76-50-81-82-52-87-89(118(15,16)43-42-117(87,13)14)58-103(82)130-104(81)60-92(76)124-68-33-27-64(28-34-68)114(4,5)6/h20-41,46-60,122-124H,42-45,61H2,1-19H3/q+1. The van der Waals surface area contributed by atoms with Gasteiger partial charge in [-0.3, -0.25) is 0 Å². The number of aromatic nitrogens is 2. The van der Waals surface area contributed by atoms with Crippen LogP contribution in [-0.4, -0.2) is 23.2 Å². The molecular weight excluding hydrogens is 1700 g/mol. The van der Waals surface area contributed by atoms with Crippen LogP contribution in [0.4, 0.5) is 22.7 Å². The minimum absolute atomic E-state index is 0.0100. The maximum absolute atomic E-state index is 7.42. The summed E-state index contributed by atoms with van der Waals surface area (Å²) >= 11 is 9.75. The fourth-order valence-corrected chi connectivity index (χ4v) is 29.5.